The third-order valence-corrected chi connectivity index (χ3v) is 2.73. The van der Waals surface area contributed by atoms with E-state index >= 15 is 0 Å². The first-order valence-electron chi connectivity index (χ1n) is 5.83. The highest BCUT2D eigenvalue weighted by Crippen LogP contribution is 2.22. The Kier molecular flexibility index (Phi) is 3.87. The van der Waals surface area contributed by atoms with Gasteiger partial charge in [-0.05, 0) is 12.0 Å². The molecule has 2 aromatic rings. The van der Waals surface area contributed by atoms with Gasteiger partial charge >= 0.3 is 0 Å². The zero-order valence-electron chi connectivity index (χ0n) is 10.0. The second kappa shape index (κ2) is 5.58. The summed E-state index contributed by atoms with van der Waals surface area (Å²) in [5, 5.41) is 2.99. The summed E-state index contributed by atoms with van der Waals surface area (Å²) in [7, 11) is 0. The molecule has 94 valence electrons. The minimum absolute atomic E-state index is 0.0429. The molecule has 18 heavy (non-hydrogen) atoms. The van der Waals surface area contributed by atoms with E-state index in [9.17, 15) is 8.78 Å². The third kappa shape index (κ3) is 2.83. The largest absolute Gasteiger partial charge is 0.361 e. The SMILES string of the molecule is CCC(Nc1ncc(F)cc1F)c1ccccc1. The first-order valence-corrected chi connectivity index (χ1v) is 5.83. The van der Waals surface area contributed by atoms with E-state index in [0.717, 1.165) is 24.2 Å². The van der Waals surface area contributed by atoms with E-state index in [2.05, 4.69) is 10.3 Å². The Balaban J connectivity index is 2.21. The summed E-state index contributed by atoms with van der Waals surface area (Å²) < 4.78 is 26.3. The lowest BCUT2D eigenvalue weighted by Gasteiger charge is -2.18. The molecule has 0 bridgehead atoms. The zero-order chi connectivity index (χ0) is 13.0. The van der Waals surface area contributed by atoms with Crippen LogP contribution in [0.4, 0.5) is 14.6 Å². The van der Waals surface area contributed by atoms with Crippen LogP contribution in [0.25, 0.3) is 0 Å². The van der Waals surface area contributed by atoms with Crippen molar-refractivity contribution in [2.24, 2.45) is 0 Å². The molecule has 2 nitrogen and oxygen atoms in total. The van der Waals surface area contributed by atoms with Crippen molar-refractivity contribution in [2.75, 3.05) is 5.32 Å². The summed E-state index contributed by atoms with van der Waals surface area (Å²) in [5.74, 6) is -1.28. The lowest BCUT2D eigenvalue weighted by Crippen LogP contribution is -2.12. The summed E-state index contributed by atoms with van der Waals surface area (Å²) in [4.78, 5) is 3.73. The van der Waals surface area contributed by atoms with Gasteiger partial charge in [-0.2, -0.15) is 0 Å². The van der Waals surface area contributed by atoms with Crippen molar-refractivity contribution in [3.05, 3.63) is 59.8 Å². The highest BCUT2D eigenvalue weighted by atomic mass is 19.1. The molecular formula is C14H14F2N2. The average Bonchev–Trinajstić information content (AvgIpc) is 2.39. The number of hydrogen-bond donors (Lipinski definition) is 1. The number of benzene rings is 1. The topological polar surface area (TPSA) is 24.9 Å². The lowest BCUT2D eigenvalue weighted by molar-refractivity contribution is 0.572. The summed E-state index contributed by atoms with van der Waals surface area (Å²) in [6, 6.07) is 10.5. The van der Waals surface area contributed by atoms with Crippen molar-refractivity contribution < 1.29 is 8.78 Å². The lowest BCUT2D eigenvalue weighted by atomic mass is 10.0. The molecule has 2 rings (SSSR count). The molecule has 0 aliphatic carbocycles. The van der Waals surface area contributed by atoms with E-state index in [1.54, 1.807) is 0 Å². The predicted molar refractivity (Wildman–Crippen MR) is 67.2 cm³/mol. The van der Waals surface area contributed by atoms with Crippen molar-refractivity contribution in [2.45, 2.75) is 19.4 Å². The quantitative estimate of drug-likeness (QED) is 0.887. The summed E-state index contributed by atoms with van der Waals surface area (Å²) in [6.07, 6.45) is 1.78. The first kappa shape index (κ1) is 12.5. The molecule has 0 spiro atoms. The molecule has 0 aliphatic rings. The molecule has 4 heteroatoms. The number of anilines is 1. The van der Waals surface area contributed by atoms with Gasteiger partial charge in [0.05, 0.1) is 12.2 Å². The Bertz CT molecular complexity index is 514. The predicted octanol–water partition coefficient (Wildman–Crippen LogP) is 3.92. The molecule has 1 unspecified atom stereocenters. The maximum atomic E-state index is 13.5. The van der Waals surface area contributed by atoms with Crippen LogP contribution in [0.2, 0.25) is 0 Å². The molecule has 1 aromatic heterocycles. The Hall–Kier alpha value is -1.97. The standard InChI is InChI=1S/C14H14F2N2/c1-2-13(10-6-4-3-5-7-10)18-14-12(16)8-11(15)9-17-14/h3-9,13H,2H2,1H3,(H,17,18). The Morgan fingerprint density at radius 1 is 1.22 bits per heavy atom. The molecule has 0 radical (unpaired) electrons. The van der Waals surface area contributed by atoms with Crippen LogP contribution >= 0.6 is 0 Å². The fourth-order valence-corrected chi connectivity index (χ4v) is 1.79. The maximum Gasteiger partial charge on any atom is 0.168 e. The van der Waals surface area contributed by atoms with E-state index in [0.29, 0.717) is 0 Å². The van der Waals surface area contributed by atoms with Crippen molar-refractivity contribution in [3.8, 4) is 0 Å². The molecule has 1 heterocycles. The third-order valence-electron chi connectivity index (χ3n) is 2.73. The van der Waals surface area contributed by atoms with E-state index in [1.807, 2.05) is 37.3 Å². The fraction of sp³-hybridized carbons (Fsp3) is 0.214. The molecule has 0 saturated heterocycles. The Morgan fingerprint density at radius 3 is 2.56 bits per heavy atom. The summed E-state index contributed by atoms with van der Waals surface area (Å²) in [6.45, 7) is 1.99. The summed E-state index contributed by atoms with van der Waals surface area (Å²) >= 11 is 0. The van der Waals surface area contributed by atoms with Gasteiger partial charge in [0.2, 0.25) is 0 Å². The van der Waals surface area contributed by atoms with Crippen molar-refractivity contribution in [1.82, 2.24) is 4.98 Å². The van der Waals surface area contributed by atoms with E-state index < -0.39 is 11.6 Å². The van der Waals surface area contributed by atoms with Crippen molar-refractivity contribution in [3.63, 3.8) is 0 Å². The zero-order valence-corrected chi connectivity index (χ0v) is 10.0. The number of halogens is 2. The van der Waals surface area contributed by atoms with Crippen molar-refractivity contribution in [1.29, 1.82) is 0 Å². The number of nitrogens with one attached hydrogen (secondary N) is 1. The molecule has 0 fully saturated rings. The van der Waals surface area contributed by atoms with E-state index in [4.69, 9.17) is 0 Å². The highest BCUT2D eigenvalue weighted by molar-refractivity contribution is 5.39. The van der Waals surface area contributed by atoms with Gasteiger partial charge in [-0.15, -0.1) is 0 Å². The van der Waals surface area contributed by atoms with E-state index in [1.165, 1.54) is 0 Å². The van der Waals surface area contributed by atoms with E-state index in [-0.39, 0.29) is 11.9 Å². The molecule has 0 saturated carbocycles. The van der Waals surface area contributed by atoms with Gasteiger partial charge < -0.3 is 5.32 Å². The molecule has 0 aliphatic heterocycles. The van der Waals surface area contributed by atoms with Crippen LogP contribution in [-0.2, 0) is 0 Å². The minimum Gasteiger partial charge on any atom is -0.361 e. The molecule has 1 aromatic carbocycles. The van der Waals surface area contributed by atoms with Crippen LogP contribution in [0, 0.1) is 11.6 Å². The molecular weight excluding hydrogens is 234 g/mol. The fourth-order valence-electron chi connectivity index (χ4n) is 1.79. The van der Waals surface area contributed by atoms with Gasteiger partial charge in [0, 0.05) is 6.07 Å². The van der Waals surface area contributed by atoms with Crippen LogP contribution in [0.1, 0.15) is 24.9 Å². The van der Waals surface area contributed by atoms with Crippen LogP contribution in [0.3, 0.4) is 0 Å². The second-order valence-electron chi connectivity index (χ2n) is 4.00. The van der Waals surface area contributed by atoms with Crippen LogP contribution in [0.15, 0.2) is 42.6 Å². The molecule has 1 atom stereocenters. The van der Waals surface area contributed by atoms with Crippen LogP contribution in [-0.4, -0.2) is 4.98 Å². The van der Waals surface area contributed by atoms with Gasteiger partial charge in [-0.25, -0.2) is 13.8 Å². The van der Waals surface area contributed by atoms with Gasteiger partial charge in [0.25, 0.3) is 0 Å². The second-order valence-corrected chi connectivity index (χ2v) is 4.00. The average molecular weight is 248 g/mol. The maximum absolute atomic E-state index is 13.5. The number of aromatic nitrogens is 1. The smallest absolute Gasteiger partial charge is 0.168 e. The minimum atomic E-state index is -0.676. The monoisotopic (exact) mass is 248 g/mol. The molecule has 1 N–H and O–H groups in total. The van der Waals surface area contributed by atoms with Gasteiger partial charge in [-0.1, -0.05) is 37.3 Å². The highest BCUT2D eigenvalue weighted by Gasteiger charge is 2.12. The van der Waals surface area contributed by atoms with Crippen molar-refractivity contribution >= 4 is 5.82 Å². The van der Waals surface area contributed by atoms with Crippen LogP contribution < -0.4 is 5.32 Å². The van der Waals surface area contributed by atoms with Gasteiger partial charge in [-0.3, -0.25) is 0 Å². The van der Waals surface area contributed by atoms with Crippen LogP contribution in [0.5, 0.6) is 0 Å². The number of nitrogens with zero attached hydrogens (tertiary/aromatic N) is 1. The van der Waals surface area contributed by atoms with Gasteiger partial charge in [0.1, 0.15) is 5.82 Å². The number of rotatable bonds is 4. The first-order chi connectivity index (χ1) is 8.70. The number of hydrogen-bond acceptors (Lipinski definition) is 2. The Morgan fingerprint density at radius 2 is 1.94 bits per heavy atom. The summed E-state index contributed by atoms with van der Waals surface area (Å²) in [5.41, 5.74) is 1.05. The normalized spacial score (nSPS) is 12.2. The number of pyridine rings is 1. The molecule has 0 amide bonds. The Labute approximate surface area is 105 Å². The van der Waals surface area contributed by atoms with Gasteiger partial charge in [0.15, 0.2) is 11.6 Å².